The van der Waals surface area contributed by atoms with Crippen LogP contribution in [0.5, 0.6) is 0 Å². The lowest BCUT2D eigenvalue weighted by atomic mass is 9.82. The molecule has 2 rings (SSSR count). The van der Waals surface area contributed by atoms with Crippen LogP contribution in [0.25, 0.3) is 0 Å². The maximum atomic E-state index is 13.3. The molecule has 26 heavy (non-hydrogen) atoms. The Morgan fingerprint density at radius 1 is 1.62 bits per heavy atom. The zero-order valence-corrected chi connectivity index (χ0v) is 16.4. The number of rotatable bonds is 8. The summed E-state index contributed by atoms with van der Waals surface area (Å²) in [4.78, 5) is 26.6. The normalized spacial score (nSPS) is 25.0. The Morgan fingerprint density at radius 3 is 2.88 bits per heavy atom. The molecule has 1 fully saturated rings. The molecule has 2 radical (unpaired) electrons. The fraction of sp³-hybridized carbons (Fsp3) is 0.667. The summed E-state index contributed by atoms with van der Waals surface area (Å²) >= 11 is 0. The van der Waals surface area contributed by atoms with Crippen LogP contribution in [0.3, 0.4) is 0 Å². The molecule has 0 spiro atoms. The van der Waals surface area contributed by atoms with Gasteiger partial charge in [-0.3, -0.25) is 4.79 Å². The third-order valence-electron chi connectivity index (χ3n) is 4.86. The van der Waals surface area contributed by atoms with Crippen molar-refractivity contribution in [3.8, 4) is 0 Å². The second kappa shape index (κ2) is 9.68. The Bertz CT molecular complexity index is 568. The van der Waals surface area contributed by atoms with Crippen LogP contribution < -0.4 is 0 Å². The van der Waals surface area contributed by atoms with Gasteiger partial charge in [0.25, 0.3) is 0 Å². The van der Waals surface area contributed by atoms with E-state index >= 15 is 0 Å². The number of ether oxygens (including phenoxy) is 1. The van der Waals surface area contributed by atoms with Crippen molar-refractivity contribution in [1.82, 2.24) is 4.90 Å². The van der Waals surface area contributed by atoms with Gasteiger partial charge in [0.2, 0.25) is 5.91 Å². The smallest absolute Gasteiger partial charge is 0.416 e. The first-order chi connectivity index (χ1) is 12.4. The second-order valence-corrected chi connectivity index (χ2v) is 8.00. The van der Waals surface area contributed by atoms with Gasteiger partial charge in [0.1, 0.15) is 20.3 Å². The van der Waals surface area contributed by atoms with Crippen molar-refractivity contribution >= 4 is 27.6 Å². The van der Waals surface area contributed by atoms with Crippen molar-refractivity contribution in [2.24, 2.45) is 5.92 Å². The predicted molar refractivity (Wildman–Crippen MR) is 102 cm³/mol. The monoisotopic (exact) mass is 379 g/mol. The van der Waals surface area contributed by atoms with Gasteiger partial charge in [-0.2, -0.15) is 0 Å². The van der Waals surface area contributed by atoms with E-state index in [0.717, 1.165) is 29.7 Å². The maximum absolute atomic E-state index is 13.3. The molecule has 142 valence electrons. The van der Waals surface area contributed by atoms with E-state index in [1.807, 2.05) is 13.0 Å². The zero-order chi connectivity index (χ0) is 19.3. The van der Waals surface area contributed by atoms with E-state index in [2.05, 4.69) is 6.58 Å². The van der Waals surface area contributed by atoms with E-state index < -0.39 is 38.2 Å². The molecule has 1 heterocycles. The molecule has 0 aromatic carbocycles. The highest BCUT2D eigenvalue weighted by Crippen LogP contribution is 2.35. The van der Waals surface area contributed by atoms with E-state index in [1.165, 1.54) is 6.08 Å². The van der Waals surface area contributed by atoms with Crippen LogP contribution in [0.1, 0.15) is 39.0 Å². The summed E-state index contributed by atoms with van der Waals surface area (Å²) in [5.74, 6) is -1.30. The van der Waals surface area contributed by atoms with Crippen molar-refractivity contribution in [1.29, 1.82) is 0 Å². The Kier molecular flexibility index (Phi) is 7.87. The van der Waals surface area contributed by atoms with Crippen LogP contribution in [-0.4, -0.2) is 61.1 Å². The number of amides is 2. The Balaban J connectivity index is 2.34. The minimum Gasteiger partial charge on any atom is -0.447 e. The van der Waals surface area contributed by atoms with Gasteiger partial charge in [-0.1, -0.05) is 24.6 Å². The van der Waals surface area contributed by atoms with Gasteiger partial charge in [0, 0.05) is 0 Å². The topological polar surface area (TPSA) is 76.1 Å². The van der Waals surface area contributed by atoms with E-state index in [-0.39, 0.29) is 12.6 Å². The van der Waals surface area contributed by atoms with E-state index in [4.69, 9.17) is 16.8 Å². The number of carbonyl (C=O) groups excluding carboxylic acids is 2. The Labute approximate surface area is 157 Å². The Morgan fingerprint density at radius 2 is 2.35 bits per heavy atom. The lowest BCUT2D eigenvalue weighted by Crippen LogP contribution is -2.49. The summed E-state index contributed by atoms with van der Waals surface area (Å²) < 4.78 is 10.6. The van der Waals surface area contributed by atoms with Gasteiger partial charge in [-0.15, -0.1) is 6.58 Å². The molecule has 6 nitrogen and oxygen atoms in total. The third kappa shape index (κ3) is 4.76. The van der Waals surface area contributed by atoms with Gasteiger partial charge in [-0.05, 0) is 46.8 Å². The molecule has 1 aliphatic carbocycles. The highest BCUT2D eigenvalue weighted by molar-refractivity contribution is 7.77. The minimum absolute atomic E-state index is 0.188. The summed E-state index contributed by atoms with van der Waals surface area (Å²) in [6, 6.07) is -0.310. The maximum Gasteiger partial charge on any atom is 0.416 e. The average molecular weight is 379 g/mol. The fourth-order valence-electron chi connectivity index (χ4n) is 3.48. The number of aliphatic hydroxyl groups is 1. The van der Waals surface area contributed by atoms with Crippen molar-refractivity contribution in [3.63, 3.8) is 0 Å². The van der Waals surface area contributed by atoms with Crippen molar-refractivity contribution < 1.29 is 24.0 Å². The third-order valence-corrected chi connectivity index (χ3v) is 5.44. The summed E-state index contributed by atoms with van der Waals surface area (Å²) in [7, 11) is 4.51. The van der Waals surface area contributed by atoms with Crippen LogP contribution in [0.4, 0.5) is 4.79 Å². The molecule has 0 aromatic rings. The highest BCUT2D eigenvalue weighted by atomic mass is 31.1. The summed E-state index contributed by atoms with van der Waals surface area (Å²) in [6.07, 6.45) is 5.01. The molecule has 1 unspecified atom stereocenters. The highest BCUT2D eigenvalue weighted by Gasteiger charge is 2.45. The average Bonchev–Trinajstić information content (AvgIpc) is 3.01. The van der Waals surface area contributed by atoms with E-state index in [0.29, 0.717) is 12.8 Å². The number of allylic oxidation sites excluding steroid dienone is 1. The van der Waals surface area contributed by atoms with Crippen molar-refractivity contribution in [3.05, 3.63) is 24.3 Å². The predicted octanol–water partition coefficient (Wildman–Crippen LogP) is 2.90. The largest absolute Gasteiger partial charge is 0.447 e. The van der Waals surface area contributed by atoms with Crippen molar-refractivity contribution in [2.45, 2.75) is 57.3 Å². The molecule has 5 atom stereocenters. The lowest BCUT2D eigenvalue weighted by molar-refractivity contribution is -0.137. The molecule has 2 amide bonds. The van der Waals surface area contributed by atoms with Gasteiger partial charge in [0.05, 0.1) is 18.1 Å². The molecule has 8 heteroatoms. The molecular weight excluding hydrogens is 352 g/mol. The van der Waals surface area contributed by atoms with Crippen LogP contribution in [0.15, 0.2) is 24.3 Å². The standard InChI is InChI=1S/C18H27BNO5P/c1-4-13-11-24-18(23)20(13)17(22)15(12-9-7-6-8-10-12)16(21)14(5-2)25-26(3)19/h5,9,13-16,21H,2,4,6-8,10-11H2,1,3H3/t13-,14-,15+,16-,26?/m1/s1. The van der Waals surface area contributed by atoms with Gasteiger partial charge >= 0.3 is 6.09 Å². The molecule has 1 N–H and O–H groups in total. The first-order valence-electron chi connectivity index (χ1n) is 9.05. The van der Waals surface area contributed by atoms with Crippen LogP contribution >= 0.6 is 8.03 Å². The molecular formula is C18H27BNO5P. The zero-order valence-electron chi connectivity index (χ0n) is 15.5. The number of imide groups is 1. The number of nitrogens with zero attached hydrogens (tertiary/aromatic N) is 1. The second-order valence-electron chi connectivity index (χ2n) is 6.69. The number of hydrogen-bond donors (Lipinski definition) is 1. The fourth-order valence-corrected chi connectivity index (χ4v) is 4.07. The quantitative estimate of drug-likeness (QED) is 0.399. The molecule has 0 saturated carbocycles. The van der Waals surface area contributed by atoms with Crippen LogP contribution in [0.2, 0.25) is 0 Å². The van der Waals surface area contributed by atoms with Gasteiger partial charge in [-0.25, -0.2) is 9.69 Å². The number of aliphatic hydroxyl groups excluding tert-OH is 1. The Hall–Kier alpha value is -1.17. The SMILES string of the molecule is [B]P(C)O[C@H](C=C)[C@@H](O)[C@@H](C(=O)N1C(=O)OC[C@H]1CC)C1=CCCCC1. The summed E-state index contributed by atoms with van der Waals surface area (Å²) in [5, 5.41) is 11.0. The molecule has 1 aliphatic heterocycles. The first-order valence-corrected chi connectivity index (χ1v) is 10.8. The first kappa shape index (κ1) is 21.1. The number of carbonyl (C=O) groups is 2. The van der Waals surface area contributed by atoms with Gasteiger partial charge in [0.15, 0.2) is 0 Å². The number of cyclic esters (lactones) is 1. The van der Waals surface area contributed by atoms with Crippen LogP contribution in [-0.2, 0) is 14.1 Å². The number of hydrogen-bond acceptors (Lipinski definition) is 5. The lowest BCUT2D eigenvalue weighted by Gasteiger charge is -2.34. The molecule has 1 saturated heterocycles. The van der Waals surface area contributed by atoms with Crippen molar-refractivity contribution in [2.75, 3.05) is 13.3 Å². The molecule has 2 aliphatic rings. The molecule has 0 bridgehead atoms. The minimum atomic E-state index is -1.24. The van der Waals surface area contributed by atoms with Crippen LogP contribution in [0, 0.1) is 5.92 Å². The van der Waals surface area contributed by atoms with E-state index in [9.17, 15) is 14.7 Å². The molecule has 0 aromatic heterocycles. The van der Waals surface area contributed by atoms with Gasteiger partial charge < -0.3 is 14.4 Å². The summed E-state index contributed by atoms with van der Waals surface area (Å²) in [6.45, 7) is 7.49. The van der Waals surface area contributed by atoms with E-state index in [1.54, 1.807) is 6.66 Å². The summed E-state index contributed by atoms with van der Waals surface area (Å²) in [5.41, 5.74) is 0.844.